The monoisotopic (exact) mass is 291 g/mol. The van der Waals surface area contributed by atoms with Crippen LogP contribution in [0.3, 0.4) is 0 Å². The first-order valence-electron chi connectivity index (χ1n) is 6.95. The molecule has 4 rings (SSSR count). The fourth-order valence-electron chi connectivity index (χ4n) is 2.68. The highest BCUT2D eigenvalue weighted by atomic mass is 32.2. The summed E-state index contributed by atoms with van der Waals surface area (Å²) >= 11 is 1.82. The van der Waals surface area contributed by atoms with Gasteiger partial charge in [0.1, 0.15) is 0 Å². The highest BCUT2D eigenvalue weighted by Crippen LogP contribution is 2.45. The van der Waals surface area contributed by atoms with Crippen LogP contribution in [0.4, 0.5) is 5.69 Å². The van der Waals surface area contributed by atoms with Gasteiger partial charge in [-0.2, -0.15) is 0 Å². The predicted octanol–water partition coefficient (Wildman–Crippen LogP) is 4.19. The van der Waals surface area contributed by atoms with Crippen LogP contribution in [0, 0.1) is 0 Å². The molecule has 2 nitrogen and oxygen atoms in total. The third-order valence-corrected chi connectivity index (χ3v) is 4.96. The van der Waals surface area contributed by atoms with Gasteiger partial charge < -0.3 is 4.90 Å². The lowest BCUT2D eigenvalue weighted by Crippen LogP contribution is -2.09. The maximum Gasteiger partial charge on any atom is 0.211 e. The molecule has 0 unspecified atom stereocenters. The number of aromatic nitrogens is 1. The molecule has 0 aliphatic carbocycles. The lowest BCUT2D eigenvalue weighted by Gasteiger charge is -2.13. The Kier molecular flexibility index (Phi) is 2.93. The summed E-state index contributed by atoms with van der Waals surface area (Å²) in [5.41, 5.74) is 3.68. The van der Waals surface area contributed by atoms with Crippen LogP contribution in [-0.4, -0.2) is 7.05 Å². The lowest BCUT2D eigenvalue weighted by molar-refractivity contribution is -0.344. The van der Waals surface area contributed by atoms with E-state index in [0.29, 0.717) is 0 Å². The number of nitrogens with zero attached hydrogens (tertiary/aromatic N) is 1. The second-order valence-corrected chi connectivity index (χ2v) is 6.15. The summed E-state index contributed by atoms with van der Waals surface area (Å²) in [5.74, 6) is 0. The Labute approximate surface area is 128 Å². The van der Waals surface area contributed by atoms with Crippen LogP contribution in [0.5, 0.6) is 0 Å². The van der Waals surface area contributed by atoms with Crippen molar-refractivity contribution in [3.05, 3.63) is 71.4 Å². The Morgan fingerprint density at radius 3 is 2.71 bits per heavy atom. The first kappa shape index (κ1) is 12.5. The number of H-pyrrole nitrogens is 1. The highest BCUT2D eigenvalue weighted by molar-refractivity contribution is 8.03. The molecule has 0 saturated carbocycles. The van der Waals surface area contributed by atoms with Gasteiger partial charge in [0, 0.05) is 24.1 Å². The number of fused-ring (bicyclic) bond motifs is 2. The van der Waals surface area contributed by atoms with Crippen LogP contribution in [0.2, 0.25) is 0 Å². The third-order valence-electron chi connectivity index (χ3n) is 3.79. The Hall–Kier alpha value is -2.26. The zero-order valence-corrected chi connectivity index (χ0v) is 12.5. The van der Waals surface area contributed by atoms with E-state index in [4.69, 9.17) is 0 Å². The number of rotatable bonds is 1. The second-order valence-electron chi connectivity index (χ2n) is 5.09. The van der Waals surface area contributed by atoms with Crippen molar-refractivity contribution in [2.75, 3.05) is 11.9 Å². The van der Waals surface area contributed by atoms with Gasteiger partial charge >= 0.3 is 0 Å². The molecular formula is C18H15N2S+. The smallest absolute Gasteiger partial charge is 0.211 e. The van der Waals surface area contributed by atoms with Gasteiger partial charge in [-0.1, -0.05) is 36.0 Å². The van der Waals surface area contributed by atoms with Crippen LogP contribution < -0.4 is 9.88 Å². The number of nitrogens with one attached hydrogen (secondary N) is 1. The van der Waals surface area contributed by atoms with Crippen molar-refractivity contribution in [2.24, 2.45) is 0 Å². The molecule has 1 aromatic heterocycles. The minimum absolute atomic E-state index is 1.16. The minimum Gasteiger partial charge on any atom is -0.338 e. The summed E-state index contributed by atoms with van der Waals surface area (Å²) in [7, 11) is 2.13. The molecule has 2 heterocycles. The van der Waals surface area contributed by atoms with E-state index >= 15 is 0 Å². The third kappa shape index (κ3) is 2.10. The van der Waals surface area contributed by atoms with Crippen molar-refractivity contribution in [2.45, 2.75) is 4.90 Å². The van der Waals surface area contributed by atoms with Crippen molar-refractivity contribution >= 4 is 34.4 Å². The molecular weight excluding hydrogens is 276 g/mol. The Morgan fingerprint density at radius 1 is 1.00 bits per heavy atom. The SMILES string of the molecule is CN1/C(=C/c2cc[nH+]c3ccccc23)Sc2ccccc21. The number of benzene rings is 2. The Balaban J connectivity index is 1.82. The number of thioether (sulfide) groups is 1. The van der Waals surface area contributed by atoms with Gasteiger partial charge in [-0.25, -0.2) is 4.98 Å². The molecule has 0 atom stereocenters. The van der Waals surface area contributed by atoms with Crippen molar-refractivity contribution in [3.8, 4) is 0 Å². The fraction of sp³-hybridized carbons (Fsp3) is 0.0556. The fourth-order valence-corrected chi connectivity index (χ4v) is 3.78. The van der Waals surface area contributed by atoms with Gasteiger partial charge in [-0.15, -0.1) is 0 Å². The Bertz CT molecular complexity index is 849. The van der Waals surface area contributed by atoms with Crippen LogP contribution in [0.1, 0.15) is 5.56 Å². The van der Waals surface area contributed by atoms with Gasteiger partial charge in [-0.3, -0.25) is 0 Å². The van der Waals surface area contributed by atoms with Crippen LogP contribution in [-0.2, 0) is 0 Å². The first-order chi connectivity index (χ1) is 10.3. The standard InChI is InChI=1S/C18H14N2S/c1-20-16-8-4-5-9-17(16)21-18(20)12-13-10-11-19-15-7-3-2-6-14(13)15/h2-12H,1H3/p+1/b18-12-. The summed E-state index contributed by atoms with van der Waals surface area (Å²) in [6.45, 7) is 0. The van der Waals surface area contributed by atoms with Crippen LogP contribution >= 0.6 is 11.8 Å². The lowest BCUT2D eigenvalue weighted by atomic mass is 10.1. The minimum atomic E-state index is 1.16. The van der Waals surface area contributed by atoms with Crippen LogP contribution in [0.25, 0.3) is 17.0 Å². The van der Waals surface area contributed by atoms with E-state index in [0.717, 1.165) is 5.52 Å². The number of para-hydroxylation sites is 2. The van der Waals surface area contributed by atoms with E-state index in [1.165, 1.54) is 26.6 Å². The van der Waals surface area contributed by atoms with Gasteiger partial charge in [-0.05, 0) is 29.8 Å². The predicted molar refractivity (Wildman–Crippen MR) is 89.2 cm³/mol. The molecule has 2 aromatic carbocycles. The molecule has 0 fully saturated rings. The van der Waals surface area contributed by atoms with Gasteiger partial charge in [0.25, 0.3) is 0 Å². The number of anilines is 1. The van der Waals surface area contributed by atoms with Gasteiger partial charge in [0.15, 0.2) is 6.20 Å². The molecule has 0 amide bonds. The van der Waals surface area contributed by atoms with E-state index in [-0.39, 0.29) is 0 Å². The molecule has 3 heteroatoms. The summed E-state index contributed by atoms with van der Waals surface area (Å²) in [6.07, 6.45) is 4.27. The van der Waals surface area contributed by atoms with Crippen molar-refractivity contribution in [1.29, 1.82) is 0 Å². The molecule has 0 spiro atoms. The molecule has 0 bridgehead atoms. The topological polar surface area (TPSA) is 17.4 Å². The molecule has 0 radical (unpaired) electrons. The van der Waals surface area contributed by atoms with Gasteiger partial charge in [0.2, 0.25) is 5.52 Å². The molecule has 3 aromatic rings. The van der Waals surface area contributed by atoms with Crippen molar-refractivity contribution in [3.63, 3.8) is 0 Å². The zero-order valence-electron chi connectivity index (χ0n) is 11.7. The maximum atomic E-state index is 3.29. The molecule has 1 aliphatic rings. The molecule has 21 heavy (non-hydrogen) atoms. The van der Waals surface area contributed by atoms with Crippen molar-refractivity contribution < 1.29 is 4.98 Å². The molecule has 0 saturated heterocycles. The summed E-state index contributed by atoms with van der Waals surface area (Å²) in [5, 5.41) is 2.50. The van der Waals surface area contributed by atoms with Crippen molar-refractivity contribution in [1.82, 2.24) is 0 Å². The summed E-state index contributed by atoms with van der Waals surface area (Å²) < 4.78 is 0. The quantitative estimate of drug-likeness (QED) is 0.668. The van der Waals surface area contributed by atoms with E-state index in [1.807, 2.05) is 18.0 Å². The van der Waals surface area contributed by atoms with E-state index in [2.05, 4.69) is 77.6 Å². The average molecular weight is 291 g/mol. The van der Waals surface area contributed by atoms with E-state index in [9.17, 15) is 0 Å². The second kappa shape index (κ2) is 4.93. The zero-order chi connectivity index (χ0) is 14.2. The first-order valence-corrected chi connectivity index (χ1v) is 7.76. The highest BCUT2D eigenvalue weighted by Gasteiger charge is 2.21. The molecule has 1 N–H and O–H groups in total. The number of pyridine rings is 1. The van der Waals surface area contributed by atoms with Crippen LogP contribution in [0.15, 0.2) is 70.7 Å². The molecule has 1 aliphatic heterocycles. The number of hydrogen-bond donors (Lipinski definition) is 0. The number of hydrogen-bond acceptors (Lipinski definition) is 2. The van der Waals surface area contributed by atoms with E-state index < -0.39 is 0 Å². The molecule has 102 valence electrons. The summed E-state index contributed by atoms with van der Waals surface area (Å²) in [4.78, 5) is 6.87. The normalized spacial score (nSPS) is 15.7. The maximum absolute atomic E-state index is 3.29. The number of aromatic amines is 1. The van der Waals surface area contributed by atoms with Gasteiger partial charge in [0.05, 0.1) is 16.1 Å². The largest absolute Gasteiger partial charge is 0.338 e. The summed E-state index contributed by atoms with van der Waals surface area (Å²) in [6, 6.07) is 19.1. The Morgan fingerprint density at radius 2 is 1.81 bits per heavy atom. The average Bonchev–Trinajstić information content (AvgIpc) is 2.85. The van der Waals surface area contributed by atoms with E-state index in [1.54, 1.807) is 0 Å².